The predicted octanol–water partition coefficient (Wildman–Crippen LogP) is 1.45. The molecule has 0 atom stereocenters. The SMILES string of the molecule is CN(C)S(=O)(=O)n1ccnc1CNC1C2CC3CC(C2)CC1C3. The highest BCUT2D eigenvalue weighted by Gasteiger charge is 2.47. The summed E-state index contributed by atoms with van der Waals surface area (Å²) in [6.07, 6.45) is 9.97. The van der Waals surface area contributed by atoms with Crippen LogP contribution in [0.2, 0.25) is 0 Å². The van der Waals surface area contributed by atoms with E-state index in [4.69, 9.17) is 0 Å². The topological polar surface area (TPSA) is 67.2 Å². The summed E-state index contributed by atoms with van der Waals surface area (Å²) in [5.41, 5.74) is 0. The molecule has 6 nitrogen and oxygen atoms in total. The molecule has 4 aliphatic carbocycles. The van der Waals surface area contributed by atoms with E-state index in [-0.39, 0.29) is 0 Å². The van der Waals surface area contributed by atoms with Gasteiger partial charge < -0.3 is 5.32 Å². The first-order valence-electron chi connectivity index (χ1n) is 8.63. The van der Waals surface area contributed by atoms with Crippen molar-refractivity contribution in [3.05, 3.63) is 18.2 Å². The molecule has 4 fully saturated rings. The molecule has 1 N–H and O–H groups in total. The Kier molecular flexibility index (Phi) is 3.77. The van der Waals surface area contributed by atoms with Crippen LogP contribution in [0, 0.1) is 23.7 Å². The molecule has 4 aliphatic rings. The molecule has 0 radical (unpaired) electrons. The van der Waals surface area contributed by atoms with Crippen molar-refractivity contribution < 1.29 is 8.42 Å². The minimum Gasteiger partial charge on any atom is -0.307 e. The lowest BCUT2D eigenvalue weighted by molar-refractivity contribution is -0.0144. The molecule has 5 rings (SSSR count). The fourth-order valence-corrected chi connectivity index (χ4v) is 6.24. The zero-order chi connectivity index (χ0) is 16.2. The smallest absolute Gasteiger partial charge is 0.307 e. The summed E-state index contributed by atoms with van der Waals surface area (Å²) in [5, 5.41) is 3.65. The van der Waals surface area contributed by atoms with Crippen molar-refractivity contribution in [2.24, 2.45) is 23.7 Å². The summed E-state index contributed by atoms with van der Waals surface area (Å²) in [7, 11) is -0.398. The Labute approximate surface area is 138 Å². The van der Waals surface area contributed by atoms with Crippen molar-refractivity contribution in [2.45, 2.75) is 44.7 Å². The van der Waals surface area contributed by atoms with Crippen LogP contribution in [0.3, 0.4) is 0 Å². The van der Waals surface area contributed by atoms with E-state index in [9.17, 15) is 8.42 Å². The quantitative estimate of drug-likeness (QED) is 0.882. The van der Waals surface area contributed by atoms with E-state index in [1.54, 1.807) is 20.3 Å². The first-order chi connectivity index (χ1) is 10.9. The number of nitrogens with one attached hydrogen (secondary N) is 1. The Bertz CT molecular complexity index is 654. The maximum Gasteiger partial charge on any atom is 0.308 e. The van der Waals surface area contributed by atoms with Crippen LogP contribution in [0.25, 0.3) is 0 Å². The third-order valence-electron chi connectivity index (χ3n) is 6.11. The van der Waals surface area contributed by atoms with Gasteiger partial charge in [0.1, 0.15) is 5.82 Å². The van der Waals surface area contributed by atoms with Gasteiger partial charge >= 0.3 is 10.2 Å². The van der Waals surface area contributed by atoms with Crippen molar-refractivity contribution in [3.8, 4) is 0 Å². The molecule has 0 amide bonds. The van der Waals surface area contributed by atoms with Crippen LogP contribution in [-0.4, -0.2) is 41.8 Å². The highest BCUT2D eigenvalue weighted by molar-refractivity contribution is 7.87. The van der Waals surface area contributed by atoms with Gasteiger partial charge in [0.2, 0.25) is 0 Å². The Balaban J connectivity index is 1.48. The zero-order valence-corrected chi connectivity index (χ0v) is 14.7. The van der Waals surface area contributed by atoms with Gasteiger partial charge in [-0.15, -0.1) is 0 Å². The number of hydrogen-bond acceptors (Lipinski definition) is 4. The lowest BCUT2D eigenvalue weighted by Crippen LogP contribution is -2.54. The average molecular weight is 338 g/mol. The monoisotopic (exact) mass is 338 g/mol. The van der Waals surface area contributed by atoms with Crippen LogP contribution in [0.4, 0.5) is 0 Å². The highest BCUT2D eigenvalue weighted by atomic mass is 32.2. The second kappa shape index (κ2) is 5.57. The van der Waals surface area contributed by atoms with Crippen molar-refractivity contribution in [1.82, 2.24) is 18.6 Å². The van der Waals surface area contributed by atoms with Crippen LogP contribution in [0.1, 0.15) is 37.9 Å². The van der Waals surface area contributed by atoms with Crippen molar-refractivity contribution in [1.29, 1.82) is 0 Å². The number of hydrogen-bond donors (Lipinski definition) is 1. The molecular weight excluding hydrogens is 312 g/mol. The number of aromatic nitrogens is 2. The van der Waals surface area contributed by atoms with Gasteiger partial charge in [0.25, 0.3) is 0 Å². The Hall–Kier alpha value is -0.920. The summed E-state index contributed by atoms with van der Waals surface area (Å²) in [5.74, 6) is 4.03. The maximum atomic E-state index is 12.3. The van der Waals surface area contributed by atoms with E-state index in [1.165, 1.54) is 46.6 Å². The normalized spacial score (nSPS) is 36.0. The van der Waals surface area contributed by atoms with E-state index >= 15 is 0 Å². The molecule has 23 heavy (non-hydrogen) atoms. The second-order valence-corrected chi connectivity index (χ2v) is 9.79. The van der Waals surface area contributed by atoms with Gasteiger partial charge in [0.15, 0.2) is 0 Å². The first-order valence-corrected chi connectivity index (χ1v) is 10.0. The molecule has 0 aromatic carbocycles. The van der Waals surface area contributed by atoms with E-state index in [2.05, 4.69) is 10.3 Å². The van der Waals surface area contributed by atoms with E-state index in [0.717, 1.165) is 23.7 Å². The Morgan fingerprint density at radius 2 is 1.78 bits per heavy atom. The molecular formula is C16H26N4O2S. The minimum absolute atomic E-state index is 0.521. The third-order valence-corrected chi connectivity index (χ3v) is 7.87. The van der Waals surface area contributed by atoms with Gasteiger partial charge in [-0.2, -0.15) is 12.7 Å². The van der Waals surface area contributed by atoms with Crippen molar-refractivity contribution >= 4 is 10.2 Å². The maximum absolute atomic E-state index is 12.3. The lowest BCUT2D eigenvalue weighted by atomic mass is 9.54. The number of nitrogens with zero attached hydrogens (tertiary/aromatic N) is 3. The van der Waals surface area contributed by atoms with E-state index in [0.29, 0.717) is 18.4 Å². The van der Waals surface area contributed by atoms with E-state index in [1.807, 2.05) is 0 Å². The van der Waals surface area contributed by atoms with Gasteiger partial charge in [-0.1, -0.05) is 0 Å². The molecule has 128 valence electrons. The number of imidazole rings is 1. The molecule has 4 bridgehead atoms. The molecule has 7 heteroatoms. The number of rotatable bonds is 5. The molecule has 4 saturated carbocycles. The van der Waals surface area contributed by atoms with Crippen molar-refractivity contribution in [2.75, 3.05) is 14.1 Å². The fourth-order valence-electron chi connectivity index (χ4n) is 5.30. The van der Waals surface area contributed by atoms with Crippen LogP contribution >= 0.6 is 0 Å². The van der Waals surface area contributed by atoms with Gasteiger partial charge in [-0.05, 0) is 55.8 Å². The highest BCUT2D eigenvalue weighted by Crippen LogP contribution is 2.53. The van der Waals surface area contributed by atoms with Crippen molar-refractivity contribution in [3.63, 3.8) is 0 Å². The fraction of sp³-hybridized carbons (Fsp3) is 0.812. The van der Waals surface area contributed by atoms with Crippen LogP contribution in [0.5, 0.6) is 0 Å². The Morgan fingerprint density at radius 3 is 2.35 bits per heavy atom. The molecule has 1 aromatic rings. The second-order valence-electron chi connectivity index (χ2n) is 7.77. The van der Waals surface area contributed by atoms with Gasteiger partial charge in [0.05, 0.1) is 6.54 Å². The molecule has 1 heterocycles. The standard InChI is InChI=1S/C16H26N4O2S/c1-19(2)23(21,22)20-4-3-17-15(20)10-18-16-13-6-11-5-12(8-13)9-14(16)7-11/h3-4,11-14,16,18H,5-10H2,1-2H3. The molecule has 0 saturated heterocycles. The predicted molar refractivity (Wildman–Crippen MR) is 87.9 cm³/mol. The summed E-state index contributed by atoms with van der Waals surface area (Å²) in [6.45, 7) is 0.521. The lowest BCUT2D eigenvalue weighted by Gasteiger charge is -2.54. The van der Waals surface area contributed by atoms with Gasteiger partial charge in [-0.25, -0.2) is 8.96 Å². The van der Waals surface area contributed by atoms with Gasteiger partial charge in [0, 0.05) is 32.5 Å². The summed E-state index contributed by atoms with van der Waals surface area (Å²) in [4.78, 5) is 4.26. The molecule has 0 spiro atoms. The molecule has 1 aromatic heterocycles. The third kappa shape index (κ3) is 2.62. The summed E-state index contributed by atoms with van der Waals surface area (Å²) >= 11 is 0. The van der Waals surface area contributed by atoms with Gasteiger partial charge in [-0.3, -0.25) is 0 Å². The van der Waals surface area contributed by atoms with E-state index < -0.39 is 10.2 Å². The molecule has 0 aliphatic heterocycles. The largest absolute Gasteiger partial charge is 0.308 e. The average Bonchev–Trinajstić information content (AvgIpc) is 2.94. The minimum atomic E-state index is -3.49. The van der Waals surface area contributed by atoms with Crippen LogP contribution in [0.15, 0.2) is 12.4 Å². The zero-order valence-electron chi connectivity index (χ0n) is 13.9. The summed E-state index contributed by atoms with van der Waals surface area (Å²) < 4.78 is 27.2. The molecule has 0 unspecified atom stereocenters. The Morgan fingerprint density at radius 1 is 1.17 bits per heavy atom. The summed E-state index contributed by atoms with van der Waals surface area (Å²) in [6, 6.07) is 0.537. The first kappa shape index (κ1) is 15.6. The van der Waals surface area contributed by atoms with Crippen LogP contribution < -0.4 is 5.32 Å². The van der Waals surface area contributed by atoms with Crippen LogP contribution in [-0.2, 0) is 16.8 Å².